The first-order valence-corrected chi connectivity index (χ1v) is 11.5. The summed E-state index contributed by atoms with van der Waals surface area (Å²) in [5.74, 6) is 1.46. The van der Waals surface area contributed by atoms with E-state index in [1.807, 2.05) is 63.2 Å². The minimum absolute atomic E-state index is 0.163. The number of benzene rings is 2. The summed E-state index contributed by atoms with van der Waals surface area (Å²) in [4.78, 5) is 12.6. The van der Waals surface area contributed by atoms with E-state index in [2.05, 4.69) is 25.9 Å². The third kappa shape index (κ3) is 5.40. The zero-order chi connectivity index (χ0) is 23.2. The molecule has 0 aliphatic heterocycles. The van der Waals surface area contributed by atoms with Gasteiger partial charge in [0.1, 0.15) is 11.6 Å². The van der Waals surface area contributed by atoms with Gasteiger partial charge in [-0.05, 0) is 66.1 Å². The van der Waals surface area contributed by atoms with E-state index in [0.717, 1.165) is 28.1 Å². The number of nitrogens with one attached hydrogen (secondary N) is 1. The molecule has 0 saturated heterocycles. The summed E-state index contributed by atoms with van der Waals surface area (Å²) in [6.45, 7) is 7.19. The van der Waals surface area contributed by atoms with Gasteiger partial charge in [-0.1, -0.05) is 36.0 Å². The molecule has 0 bridgehead atoms. The van der Waals surface area contributed by atoms with Crippen molar-refractivity contribution in [3.63, 3.8) is 0 Å². The summed E-state index contributed by atoms with van der Waals surface area (Å²) >= 11 is 1.28. The first kappa shape index (κ1) is 22.5. The van der Waals surface area contributed by atoms with Gasteiger partial charge in [-0.15, -0.1) is 5.10 Å². The van der Waals surface area contributed by atoms with Crippen LogP contribution in [0.3, 0.4) is 0 Å². The van der Waals surface area contributed by atoms with Crippen molar-refractivity contribution in [3.8, 4) is 11.4 Å². The molecule has 0 unspecified atom stereocenters. The molecule has 0 atom stereocenters. The molecule has 9 nitrogen and oxygen atoms in total. The molecule has 2 heterocycles. The number of nitrogens with zero attached hydrogens (tertiary/aromatic N) is 6. The summed E-state index contributed by atoms with van der Waals surface area (Å²) < 4.78 is 8.89. The Bertz CT molecular complexity index is 1230. The van der Waals surface area contributed by atoms with E-state index in [0.29, 0.717) is 24.1 Å². The lowest BCUT2D eigenvalue weighted by atomic mass is 10.1. The van der Waals surface area contributed by atoms with Crippen LogP contribution in [0.2, 0.25) is 0 Å². The van der Waals surface area contributed by atoms with Crippen molar-refractivity contribution in [2.75, 3.05) is 17.7 Å². The molecule has 10 heteroatoms. The Morgan fingerprint density at radius 2 is 1.94 bits per heavy atom. The van der Waals surface area contributed by atoms with E-state index in [1.165, 1.54) is 11.8 Å². The highest BCUT2D eigenvalue weighted by atomic mass is 32.2. The SMILES string of the molecule is CCOc1ccc(Cn2nccc2NC(=O)CSc2nnnn2-c2cccc(C)c2C)cc1. The van der Waals surface area contributed by atoms with Gasteiger partial charge in [-0.3, -0.25) is 4.79 Å². The Balaban J connectivity index is 1.38. The molecule has 1 N–H and O–H groups in total. The molecule has 1 amide bonds. The Kier molecular flexibility index (Phi) is 7.04. The maximum absolute atomic E-state index is 12.6. The minimum atomic E-state index is -0.163. The largest absolute Gasteiger partial charge is 0.494 e. The first-order valence-electron chi connectivity index (χ1n) is 10.6. The van der Waals surface area contributed by atoms with Crippen LogP contribution in [0.15, 0.2) is 59.9 Å². The molecule has 4 rings (SSSR count). The Morgan fingerprint density at radius 3 is 2.73 bits per heavy atom. The molecule has 4 aromatic rings. The van der Waals surface area contributed by atoms with Crippen molar-refractivity contribution in [2.24, 2.45) is 0 Å². The summed E-state index contributed by atoms with van der Waals surface area (Å²) in [6.07, 6.45) is 1.67. The first-order chi connectivity index (χ1) is 16.0. The maximum atomic E-state index is 12.6. The fourth-order valence-corrected chi connectivity index (χ4v) is 3.97. The van der Waals surface area contributed by atoms with E-state index >= 15 is 0 Å². The summed E-state index contributed by atoms with van der Waals surface area (Å²) in [7, 11) is 0. The highest BCUT2D eigenvalue weighted by Crippen LogP contribution is 2.22. The van der Waals surface area contributed by atoms with Crippen LogP contribution in [0, 0.1) is 13.8 Å². The zero-order valence-corrected chi connectivity index (χ0v) is 19.5. The topological polar surface area (TPSA) is 99.8 Å². The standard InChI is InChI=1S/C23H25N7O2S/c1-4-32-19-10-8-18(9-11-19)14-29-21(12-13-24-29)25-22(31)15-33-23-26-27-28-30(23)20-7-5-6-16(2)17(20)3/h5-13H,4,14-15H2,1-3H3,(H,25,31). The molecule has 0 fully saturated rings. The number of ether oxygens (including phenoxy) is 1. The van der Waals surface area contributed by atoms with Crippen molar-refractivity contribution in [1.82, 2.24) is 30.0 Å². The second-order valence-corrected chi connectivity index (χ2v) is 8.32. The molecule has 170 valence electrons. The molecule has 0 spiro atoms. The number of aryl methyl sites for hydroxylation is 1. The second-order valence-electron chi connectivity index (χ2n) is 7.38. The zero-order valence-electron chi connectivity index (χ0n) is 18.7. The predicted molar refractivity (Wildman–Crippen MR) is 127 cm³/mol. The third-order valence-corrected chi connectivity index (χ3v) is 6.05. The number of amides is 1. The van der Waals surface area contributed by atoms with Crippen LogP contribution in [-0.4, -0.2) is 48.3 Å². The number of hydrogen-bond acceptors (Lipinski definition) is 7. The lowest BCUT2D eigenvalue weighted by Crippen LogP contribution is -2.18. The highest BCUT2D eigenvalue weighted by molar-refractivity contribution is 7.99. The Morgan fingerprint density at radius 1 is 1.12 bits per heavy atom. The van der Waals surface area contributed by atoms with Crippen LogP contribution < -0.4 is 10.1 Å². The van der Waals surface area contributed by atoms with Gasteiger partial charge in [0, 0.05) is 6.07 Å². The van der Waals surface area contributed by atoms with Crippen LogP contribution in [0.1, 0.15) is 23.6 Å². The van der Waals surface area contributed by atoms with Gasteiger partial charge in [-0.25, -0.2) is 4.68 Å². The summed E-state index contributed by atoms with van der Waals surface area (Å²) in [5.41, 5.74) is 4.20. The van der Waals surface area contributed by atoms with E-state index in [-0.39, 0.29) is 11.7 Å². The second kappa shape index (κ2) is 10.3. The maximum Gasteiger partial charge on any atom is 0.235 e. The smallest absolute Gasteiger partial charge is 0.235 e. The average molecular weight is 464 g/mol. The predicted octanol–water partition coefficient (Wildman–Crippen LogP) is 3.65. The van der Waals surface area contributed by atoms with Crippen molar-refractivity contribution >= 4 is 23.5 Å². The summed E-state index contributed by atoms with van der Waals surface area (Å²) in [5, 5.41) is 19.8. The molecular weight excluding hydrogens is 438 g/mol. The van der Waals surface area contributed by atoms with Crippen LogP contribution in [0.25, 0.3) is 5.69 Å². The molecule has 2 aromatic carbocycles. The number of carbonyl (C=O) groups is 1. The number of thioether (sulfide) groups is 1. The number of anilines is 1. The lowest BCUT2D eigenvalue weighted by molar-refractivity contribution is -0.113. The molecule has 0 aliphatic carbocycles. The Labute approximate surface area is 196 Å². The van der Waals surface area contributed by atoms with Crippen molar-refractivity contribution < 1.29 is 9.53 Å². The normalized spacial score (nSPS) is 10.9. The average Bonchev–Trinajstić information content (AvgIpc) is 3.45. The highest BCUT2D eigenvalue weighted by Gasteiger charge is 2.15. The van der Waals surface area contributed by atoms with Gasteiger partial charge in [0.25, 0.3) is 0 Å². The fourth-order valence-electron chi connectivity index (χ4n) is 3.29. The molecule has 0 aliphatic rings. The molecule has 0 radical (unpaired) electrons. The van der Waals surface area contributed by atoms with Gasteiger partial charge in [0.15, 0.2) is 0 Å². The molecule has 2 aromatic heterocycles. The van der Waals surface area contributed by atoms with E-state index in [1.54, 1.807) is 21.6 Å². The number of tetrazole rings is 1. The van der Waals surface area contributed by atoms with E-state index in [4.69, 9.17) is 4.74 Å². The van der Waals surface area contributed by atoms with Crippen LogP contribution in [0.5, 0.6) is 5.75 Å². The van der Waals surface area contributed by atoms with Gasteiger partial charge in [0.05, 0.1) is 30.8 Å². The van der Waals surface area contributed by atoms with Crippen molar-refractivity contribution in [1.29, 1.82) is 0 Å². The van der Waals surface area contributed by atoms with Gasteiger partial charge < -0.3 is 10.1 Å². The van der Waals surface area contributed by atoms with Crippen molar-refractivity contribution in [3.05, 3.63) is 71.4 Å². The Hall–Kier alpha value is -3.66. The van der Waals surface area contributed by atoms with Crippen molar-refractivity contribution in [2.45, 2.75) is 32.5 Å². The van der Waals surface area contributed by atoms with E-state index in [9.17, 15) is 4.79 Å². The van der Waals surface area contributed by atoms with Crippen LogP contribution in [0.4, 0.5) is 5.82 Å². The molecular formula is C23H25N7O2S. The molecule has 33 heavy (non-hydrogen) atoms. The quantitative estimate of drug-likeness (QED) is 0.378. The van der Waals surface area contributed by atoms with E-state index < -0.39 is 0 Å². The molecule has 0 saturated carbocycles. The minimum Gasteiger partial charge on any atom is -0.494 e. The number of carbonyl (C=O) groups excluding carboxylic acids is 1. The number of hydrogen-bond donors (Lipinski definition) is 1. The van der Waals surface area contributed by atoms with Gasteiger partial charge in [-0.2, -0.15) is 9.78 Å². The summed E-state index contributed by atoms with van der Waals surface area (Å²) in [6, 6.07) is 15.6. The monoisotopic (exact) mass is 463 g/mol. The lowest BCUT2D eigenvalue weighted by Gasteiger charge is -2.11. The van der Waals surface area contributed by atoms with Crippen LogP contribution in [-0.2, 0) is 11.3 Å². The van der Waals surface area contributed by atoms with Gasteiger partial charge >= 0.3 is 0 Å². The van der Waals surface area contributed by atoms with Gasteiger partial charge in [0.2, 0.25) is 11.1 Å². The fraction of sp³-hybridized carbons (Fsp3) is 0.261. The third-order valence-electron chi connectivity index (χ3n) is 5.13. The van der Waals surface area contributed by atoms with Crippen LogP contribution >= 0.6 is 11.8 Å². The number of rotatable bonds is 9. The number of aromatic nitrogens is 6.